The van der Waals surface area contributed by atoms with Crippen LogP contribution in [0.3, 0.4) is 0 Å². The highest BCUT2D eigenvalue weighted by molar-refractivity contribution is 8.26. The molecule has 2 saturated heterocycles. The molecule has 2 aliphatic rings. The van der Waals surface area contributed by atoms with Crippen molar-refractivity contribution in [3.8, 4) is 6.07 Å². The molecule has 0 spiro atoms. The van der Waals surface area contributed by atoms with E-state index in [1.807, 2.05) is 6.07 Å². The van der Waals surface area contributed by atoms with Crippen LogP contribution in [0.25, 0.3) is 6.08 Å². The highest BCUT2D eigenvalue weighted by atomic mass is 32.2. The van der Waals surface area contributed by atoms with Gasteiger partial charge in [-0.1, -0.05) is 30.9 Å². The van der Waals surface area contributed by atoms with E-state index in [2.05, 4.69) is 11.8 Å². The lowest BCUT2D eigenvalue weighted by Gasteiger charge is -2.35. The maximum atomic E-state index is 12.7. The summed E-state index contributed by atoms with van der Waals surface area (Å²) in [7, 11) is 3.35. The number of likely N-dealkylation sites (N-methyl/N-ethyl adjacent to an activating group) is 1. The van der Waals surface area contributed by atoms with E-state index in [4.69, 9.17) is 12.2 Å². The molecule has 3 rings (SSSR count). The van der Waals surface area contributed by atoms with Crippen molar-refractivity contribution in [2.45, 2.75) is 26.7 Å². The summed E-state index contributed by atoms with van der Waals surface area (Å²) in [6.07, 6.45) is 3.99. The summed E-state index contributed by atoms with van der Waals surface area (Å²) in [6, 6.07) is 2.03. The number of thioether (sulfide) groups is 1. The number of nitrogens with zero attached hydrogens (tertiary/aromatic N) is 4. The van der Waals surface area contributed by atoms with E-state index < -0.39 is 0 Å². The van der Waals surface area contributed by atoms with Gasteiger partial charge in [-0.3, -0.25) is 19.1 Å². The van der Waals surface area contributed by atoms with Gasteiger partial charge in [0.1, 0.15) is 21.8 Å². The van der Waals surface area contributed by atoms with Crippen LogP contribution in [0.1, 0.15) is 36.5 Å². The summed E-state index contributed by atoms with van der Waals surface area (Å²) in [5.41, 5.74) is 1.17. The lowest BCUT2D eigenvalue weighted by atomic mass is 9.98. The molecular formula is C19H22N4O2S2. The van der Waals surface area contributed by atoms with Crippen LogP contribution in [0.2, 0.25) is 0 Å². The zero-order chi connectivity index (χ0) is 19.9. The largest absolute Gasteiger partial charge is 0.357 e. The predicted molar refractivity (Wildman–Crippen MR) is 113 cm³/mol. The molecule has 1 atom stereocenters. The summed E-state index contributed by atoms with van der Waals surface area (Å²) in [5, 5.41) is 9.49. The number of thiocarbonyl (C=S) groups is 1. The van der Waals surface area contributed by atoms with Crippen molar-refractivity contribution in [2.24, 2.45) is 13.0 Å². The number of carbonyl (C=O) groups is 1. The van der Waals surface area contributed by atoms with Gasteiger partial charge in [-0.05, 0) is 37.3 Å². The van der Waals surface area contributed by atoms with E-state index in [0.717, 1.165) is 37.3 Å². The van der Waals surface area contributed by atoms with Crippen LogP contribution < -0.4 is 10.5 Å². The number of nitriles is 1. The van der Waals surface area contributed by atoms with Gasteiger partial charge in [0, 0.05) is 32.7 Å². The number of hydrogen-bond acceptors (Lipinski definition) is 6. The number of hydrogen-bond donors (Lipinski definition) is 0. The van der Waals surface area contributed by atoms with Gasteiger partial charge in [-0.15, -0.1) is 0 Å². The summed E-state index contributed by atoms with van der Waals surface area (Å²) in [6.45, 7) is 5.66. The Bertz CT molecular complexity index is 958. The van der Waals surface area contributed by atoms with Gasteiger partial charge in [0.15, 0.2) is 0 Å². The number of amides is 1. The molecule has 142 valence electrons. The van der Waals surface area contributed by atoms with Crippen LogP contribution in [-0.2, 0) is 11.8 Å². The molecule has 27 heavy (non-hydrogen) atoms. The Morgan fingerprint density at radius 2 is 2.04 bits per heavy atom. The van der Waals surface area contributed by atoms with Crippen molar-refractivity contribution in [3.63, 3.8) is 0 Å². The number of anilines is 1. The maximum absolute atomic E-state index is 12.7. The third-order valence-corrected chi connectivity index (χ3v) is 6.67. The van der Waals surface area contributed by atoms with Gasteiger partial charge in [-0.2, -0.15) is 5.26 Å². The second-order valence-corrected chi connectivity index (χ2v) is 8.82. The Hall–Kier alpha value is -2.11. The molecule has 0 aromatic carbocycles. The van der Waals surface area contributed by atoms with E-state index >= 15 is 0 Å². The smallest absolute Gasteiger partial charge is 0.270 e. The lowest BCUT2D eigenvalue weighted by molar-refractivity contribution is -0.121. The first-order valence-corrected chi connectivity index (χ1v) is 10.1. The maximum Gasteiger partial charge on any atom is 0.270 e. The standard InChI is InChI=1S/C19H22N4O2S2/c1-11-6-5-7-23(10-11)16-13(8-15-18(25)22(4)19(26)27-15)12(2)14(9-20)17(24)21(16)3/h8,11H,5-7,10H2,1-4H3. The lowest BCUT2D eigenvalue weighted by Crippen LogP contribution is -2.39. The highest BCUT2D eigenvalue weighted by Gasteiger charge is 2.31. The van der Waals surface area contributed by atoms with Crippen molar-refractivity contribution in [3.05, 3.63) is 31.9 Å². The topological polar surface area (TPSA) is 69.3 Å². The number of pyridine rings is 1. The zero-order valence-corrected chi connectivity index (χ0v) is 17.5. The van der Waals surface area contributed by atoms with Crippen molar-refractivity contribution in [2.75, 3.05) is 25.0 Å². The molecule has 2 aliphatic heterocycles. The van der Waals surface area contributed by atoms with Gasteiger partial charge in [0.2, 0.25) is 0 Å². The molecule has 3 heterocycles. The number of piperidine rings is 1. The molecule has 8 heteroatoms. The molecule has 2 fully saturated rings. The molecule has 1 unspecified atom stereocenters. The summed E-state index contributed by atoms with van der Waals surface area (Å²) < 4.78 is 2.05. The van der Waals surface area contributed by atoms with Crippen molar-refractivity contribution in [1.82, 2.24) is 9.47 Å². The van der Waals surface area contributed by atoms with Crippen LogP contribution >= 0.6 is 24.0 Å². The van der Waals surface area contributed by atoms with E-state index in [1.165, 1.54) is 16.7 Å². The van der Waals surface area contributed by atoms with E-state index in [1.54, 1.807) is 31.7 Å². The Kier molecular flexibility index (Phi) is 5.45. The highest BCUT2D eigenvalue weighted by Crippen LogP contribution is 2.35. The molecule has 1 aromatic heterocycles. The monoisotopic (exact) mass is 402 g/mol. The molecule has 0 radical (unpaired) electrons. The quantitative estimate of drug-likeness (QED) is 0.560. The minimum atomic E-state index is -0.302. The van der Waals surface area contributed by atoms with Crippen LogP contribution in [0.5, 0.6) is 0 Å². The van der Waals surface area contributed by atoms with E-state index in [-0.39, 0.29) is 17.0 Å². The Labute approximate surface area is 168 Å². The molecule has 1 amide bonds. The van der Waals surface area contributed by atoms with Crippen LogP contribution in [-0.4, -0.2) is 39.8 Å². The van der Waals surface area contributed by atoms with E-state index in [0.29, 0.717) is 20.7 Å². The van der Waals surface area contributed by atoms with Gasteiger partial charge < -0.3 is 4.90 Å². The van der Waals surface area contributed by atoms with Crippen molar-refractivity contribution >= 4 is 46.1 Å². The second-order valence-electron chi connectivity index (χ2n) is 7.15. The third kappa shape index (κ3) is 3.42. The normalized spacial score (nSPS) is 21.9. The minimum Gasteiger partial charge on any atom is -0.357 e. The average Bonchev–Trinajstić information content (AvgIpc) is 2.87. The summed E-state index contributed by atoms with van der Waals surface area (Å²) in [5.74, 6) is 1.13. The fraction of sp³-hybridized carbons (Fsp3) is 0.474. The van der Waals surface area contributed by atoms with Gasteiger partial charge >= 0.3 is 0 Å². The van der Waals surface area contributed by atoms with Gasteiger partial charge in [0.25, 0.3) is 11.5 Å². The molecular weight excluding hydrogens is 380 g/mol. The second kappa shape index (κ2) is 7.49. The fourth-order valence-electron chi connectivity index (χ4n) is 3.65. The first kappa shape index (κ1) is 19.6. The first-order valence-electron chi connectivity index (χ1n) is 8.86. The Morgan fingerprint density at radius 3 is 2.59 bits per heavy atom. The van der Waals surface area contributed by atoms with Crippen molar-refractivity contribution < 1.29 is 4.79 Å². The molecule has 1 aromatic rings. The predicted octanol–water partition coefficient (Wildman–Crippen LogP) is 2.63. The Morgan fingerprint density at radius 1 is 1.33 bits per heavy atom. The number of carbonyl (C=O) groups excluding carboxylic acids is 1. The van der Waals surface area contributed by atoms with Crippen LogP contribution in [0.4, 0.5) is 5.82 Å². The SMILES string of the molecule is Cc1c(C=C2SC(=S)N(C)C2=O)c(N2CCCC(C)C2)n(C)c(=O)c1C#N. The van der Waals surface area contributed by atoms with Crippen LogP contribution in [0.15, 0.2) is 9.70 Å². The number of rotatable bonds is 2. The molecule has 6 nitrogen and oxygen atoms in total. The minimum absolute atomic E-state index is 0.115. The average molecular weight is 403 g/mol. The van der Waals surface area contributed by atoms with E-state index in [9.17, 15) is 14.9 Å². The molecule has 0 bridgehead atoms. The molecule has 0 aliphatic carbocycles. The van der Waals surface area contributed by atoms with Gasteiger partial charge in [-0.25, -0.2) is 0 Å². The third-order valence-electron chi connectivity index (χ3n) is 5.19. The molecule has 0 N–H and O–H groups in total. The number of aromatic nitrogens is 1. The van der Waals surface area contributed by atoms with Gasteiger partial charge in [0.05, 0.1) is 4.91 Å². The summed E-state index contributed by atoms with van der Waals surface area (Å²) in [4.78, 5) is 29.3. The fourth-order valence-corrected chi connectivity index (χ4v) is 4.81. The summed E-state index contributed by atoms with van der Waals surface area (Å²) >= 11 is 6.47. The Balaban J connectivity index is 2.24. The van der Waals surface area contributed by atoms with Crippen LogP contribution in [0, 0.1) is 24.2 Å². The zero-order valence-electron chi connectivity index (χ0n) is 15.9. The van der Waals surface area contributed by atoms with Crippen molar-refractivity contribution in [1.29, 1.82) is 5.26 Å². The molecule has 0 saturated carbocycles. The first-order chi connectivity index (χ1) is 12.8.